The largest absolute Gasteiger partial charge is 0.353 e. The summed E-state index contributed by atoms with van der Waals surface area (Å²) >= 11 is 0. The number of nitrogens with zero attached hydrogens (tertiary/aromatic N) is 5. The van der Waals surface area contributed by atoms with Crippen LogP contribution in [0, 0.1) is 6.92 Å². The van der Waals surface area contributed by atoms with Gasteiger partial charge >= 0.3 is 0 Å². The lowest BCUT2D eigenvalue weighted by atomic mass is 10.1. The van der Waals surface area contributed by atoms with Gasteiger partial charge in [-0.15, -0.1) is 0 Å². The monoisotopic (exact) mass is 285 g/mol. The zero-order valence-corrected chi connectivity index (χ0v) is 12.2. The summed E-state index contributed by atoms with van der Waals surface area (Å²) < 4.78 is 5.33. The van der Waals surface area contributed by atoms with E-state index in [0.29, 0.717) is 17.8 Å². The van der Waals surface area contributed by atoms with Gasteiger partial charge in [-0.1, -0.05) is 5.16 Å². The first kappa shape index (κ1) is 12.8. The van der Waals surface area contributed by atoms with Crippen LogP contribution in [0.3, 0.4) is 0 Å². The second-order valence-electron chi connectivity index (χ2n) is 5.80. The fourth-order valence-electron chi connectivity index (χ4n) is 3.41. The van der Waals surface area contributed by atoms with Crippen molar-refractivity contribution in [3.63, 3.8) is 0 Å². The molecular weight excluding hydrogens is 266 g/mol. The normalized spacial score (nSPS) is 22.5. The Labute approximate surface area is 123 Å². The quantitative estimate of drug-likeness (QED) is 0.837. The lowest BCUT2D eigenvalue weighted by molar-refractivity contribution is 0.230. The predicted molar refractivity (Wildman–Crippen MR) is 79.1 cm³/mol. The van der Waals surface area contributed by atoms with Crippen LogP contribution >= 0.6 is 0 Å². The summed E-state index contributed by atoms with van der Waals surface area (Å²) in [5, 5.41) is 3.89. The van der Waals surface area contributed by atoms with E-state index in [1.807, 2.05) is 25.3 Å². The molecule has 110 valence electrons. The number of piperazine rings is 1. The summed E-state index contributed by atoms with van der Waals surface area (Å²) in [5.41, 5.74) is 0.935. The summed E-state index contributed by atoms with van der Waals surface area (Å²) in [6.45, 7) is 6.24. The number of anilines is 1. The highest BCUT2D eigenvalue weighted by Gasteiger charge is 2.32. The summed E-state index contributed by atoms with van der Waals surface area (Å²) in [4.78, 5) is 13.9. The van der Waals surface area contributed by atoms with E-state index in [1.165, 1.54) is 19.4 Å². The van der Waals surface area contributed by atoms with Crippen LogP contribution in [-0.2, 0) is 0 Å². The van der Waals surface area contributed by atoms with Crippen molar-refractivity contribution in [1.82, 2.24) is 20.0 Å². The van der Waals surface area contributed by atoms with Gasteiger partial charge in [0, 0.05) is 31.9 Å². The first-order valence-corrected chi connectivity index (χ1v) is 7.56. The van der Waals surface area contributed by atoms with E-state index in [-0.39, 0.29) is 0 Å². The SMILES string of the molecule is Cc1noc(-c2cccnc2N2CCN3CCCC3C2)n1. The predicted octanol–water partition coefficient (Wildman–Crippen LogP) is 1.72. The maximum absolute atomic E-state index is 5.33. The van der Waals surface area contributed by atoms with E-state index in [4.69, 9.17) is 4.52 Å². The van der Waals surface area contributed by atoms with E-state index in [9.17, 15) is 0 Å². The molecule has 0 saturated carbocycles. The molecule has 2 saturated heterocycles. The molecule has 2 aromatic heterocycles. The topological polar surface area (TPSA) is 58.3 Å². The van der Waals surface area contributed by atoms with E-state index in [0.717, 1.165) is 31.0 Å². The summed E-state index contributed by atoms with van der Waals surface area (Å²) in [5.74, 6) is 2.18. The third-order valence-electron chi connectivity index (χ3n) is 4.43. The molecule has 6 heteroatoms. The smallest absolute Gasteiger partial charge is 0.261 e. The number of fused-ring (bicyclic) bond motifs is 1. The van der Waals surface area contributed by atoms with Crippen molar-refractivity contribution in [2.75, 3.05) is 31.1 Å². The molecule has 1 atom stereocenters. The Balaban J connectivity index is 1.66. The molecule has 0 spiro atoms. The number of pyridine rings is 1. The molecular formula is C15H19N5O. The lowest BCUT2D eigenvalue weighted by Gasteiger charge is -2.38. The average Bonchev–Trinajstić information content (AvgIpc) is 3.15. The molecule has 4 heterocycles. The van der Waals surface area contributed by atoms with E-state index >= 15 is 0 Å². The Morgan fingerprint density at radius 2 is 2.24 bits per heavy atom. The lowest BCUT2D eigenvalue weighted by Crippen LogP contribution is -2.50. The Hall–Kier alpha value is -1.95. The number of hydrogen-bond donors (Lipinski definition) is 0. The van der Waals surface area contributed by atoms with Crippen molar-refractivity contribution in [2.45, 2.75) is 25.8 Å². The Bertz CT molecular complexity index is 640. The van der Waals surface area contributed by atoms with Crippen molar-refractivity contribution in [1.29, 1.82) is 0 Å². The molecule has 21 heavy (non-hydrogen) atoms. The molecule has 0 N–H and O–H groups in total. The highest BCUT2D eigenvalue weighted by atomic mass is 16.5. The van der Waals surface area contributed by atoms with E-state index < -0.39 is 0 Å². The summed E-state index contributed by atoms with van der Waals surface area (Å²) in [6, 6.07) is 4.60. The van der Waals surface area contributed by atoms with Gasteiger partial charge in [-0.25, -0.2) is 4.98 Å². The van der Waals surface area contributed by atoms with E-state index in [1.54, 1.807) is 0 Å². The molecule has 4 rings (SSSR count). The van der Waals surface area contributed by atoms with Crippen molar-refractivity contribution in [3.8, 4) is 11.5 Å². The fraction of sp³-hybridized carbons (Fsp3) is 0.533. The Morgan fingerprint density at radius 3 is 3.10 bits per heavy atom. The van der Waals surface area contributed by atoms with Crippen LogP contribution in [0.4, 0.5) is 5.82 Å². The van der Waals surface area contributed by atoms with Gasteiger partial charge in [-0.3, -0.25) is 4.90 Å². The highest BCUT2D eigenvalue weighted by molar-refractivity contribution is 5.69. The van der Waals surface area contributed by atoms with Gasteiger partial charge in [-0.2, -0.15) is 4.98 Å². The van der Waals surface area contributed by atoms with Crippen LogP contribution in [0.2, 0.25) is 0 Å². The summed E-state index contributed by atoms with van der Waals surface area (Å²) in [7, 11) is 0. The van der Waals surface area contributed by atoms with Crippen LogP contribution < -0.4 is 4.90 Å². The molecule has 2 fully saturated rings. The first-order chi connectivity index (χ1) is 10.3. The highest BCUT2D eigenvalue weighted by Crippen LogP contribution is 2.31. The average molecular weight is 285 g/mol. The van der Waals surface area contributed by atoms with Crippen LogP contribution in [0.15, 0.2) is 22.9 Å². The summed E-state index contributed by atoms with van der Waals surface area (Å²) in [6.07, 6.45) is 4.44. The Morgan fingerprint density at radius 1 is 1.29 bits per heavy atom. The van der Waals surface area contributed by atoms with Crippen LogP contribution in [-0.4, -0.2) is 52.2 Å². The zero-order chi connectivity index (χ0) is 14.2. The molecule has 2 aliphatic heterocycles. The van der Waals surface area contributed by atoms with Crippen molar-refractivity contribution < 1.29 is 4.52 Å². The molecule has 2 aromatic rings. The van der Waals surface area contributed by atoms with Gasteiger partial charge in [0.1, 0.15) is 5.82 Å². The molecule has 0 amide bonds. The third-order valence-corrected chi connectivity index (χ3v) is 4.43. The molecule has 2 aliphatic rings. The molecule has 6 nitrogen and oxygen atoms in total. The number of rotatable bonds is 2. The second kappa shape index (κ2) is 5.11. The molecule has 0 aliphatic carbocycles. The van der Waals surface area contributed by atoms with Crippen molar-refractivity contribution in [2.24, 2.45) is 0 Å². The first-order valence-electron chi connectivity index (χ1n) is 7.56. The Kier molecular flexibility index (Phi) is 3.11. The minimum atomic E-state index is 0.560. The van der Waals surface area contributed by atoms with Gasteiger partial charge in [0.05, 0.1) is 5.56 Å². The minimum absolute atomic E-state index is 0.560. The third kappa shape index (κ3) is 2.29. The molecule has 0 aromatic carbocycles. The maximum Gasteiger partial charge on any atom is 0.261 e. The fourth-order valence-corrected chi connectivity index (χ4v) is 3.41. The van der Waals surface area contributed by atoms with Crippen LogP contribution in [0.25, 0.3) is 11.5 Å². The van der Waals surface area contributed by atoms with Gasteiger partial charge in [0.15, 0.2) is 5.82 Å². The second-order valence-corrected chi connectivity index (χ2v) is 5.80. The maximum atomic E-state index is 5.33. The van der Waals surface area contributed by atoms with Gasteiger partial charge in [0.25, 0.3) is 5.89 Å². The minimum Gasteiger partial charge on any atom is -0.353 e. The molecule has 0 radical (unpaired) electrons. The van der Waals surface area contributed by atoms with Crippen molar-refractivity contribution in [3.05, 3.63) is 24.2 Å². The molecule has 0 bridgehead atoms. The number of aromatic nitrogens is 3. The van der Waals surface area contributed by atoms with Crippen LogP contribution in [0.1, 0.15) is 18.7 Å². The van der Waals surface area contributed by atoms with Gasteiger partial charge in [-0.05, 0) is 38.4 Å². The number of aryl methyl sites for hydroxylation is 1. The zero-order valence-electron chi connectivity index (χ0n) is 12.2. The van der Waals surface area contributed by atoms with Crippen molar-refractivity contribution >= 4 is 5.82 Å². The standard InChI is InChI=1S/C15H19N5O/c1-11-17-15(21-18-11)13-5-2-6-16-14(13)20-9-8-19-7-3-4-12(19)10-20/h2,5-6,12H,3-4,7-10H2,1H3. The van der Waals surface area contributed by atoms with E-state index in [2.05, 4.69) is 24.9 Å². The van der Waals surface area contributed by atoms with Gasteiger partial charge < -0.3 is 9.42 Å². The van der Waals surface area contributed by atoms with Crippen LogP contribution in [0.5, 0.6) is 0 Å². The number of hydrogen-bond acceptors (Lipinski definition) is 6. The van der Waals surface area contributed by atoms with Gasteiger partial charge in [0.2, 0.25) is 0 Å². The molecule has 1 unspecified atom stereocenters.